The van der Waals surface area contributed by atoms with Crippen molar-refractivity contribution in [3.05, 3.63) is 29.2 Å². The molecule has 6 nitrogen and oxygen atoms in total. The van der Waals surface area contributed by atoms with E-state index in [-0.39, 0.29) is 6.04 Å². The summed E-state index contributed by atoms with van der Waals surface area (Å²) in [6, 6.07) is 2.80. The Hall–Kier alpha value is -1.69. The van der Waals surface area contributed by atoms with E-state index in [9.17, 15) is 0 Å². The van der Waals surface area contributed by atoms with Gasteiger partial charge in [-0.25, -0.2) is 0 Å². The Balaban J connectivity index is 1.50. The fourth-order valence-corrected chi connectivity index (χ4v) is 3.85. The van der Waals surface area contributed by atoms with Crippen LogP contribution in [0.15, 0.2) is 10.6 Å². The van der Waals surface area contributed by atoms with E-state index >= 15 is 0 Å². The Kier molecular flexibility index (Phi) is 4.16. The van der Waals surface area contributed by atoms with E-state index in [1.54, 1.807) is 0 Å². The van der Waals surface area contributed by atoms with Crippen LogP contribution in [0.5, 0.6) is 0 Å². The normalized spacial score (nSPS) is 23.5. The van der Waals surface area contributed by atoms with Gasteiger partial charge in [0.05, 0.1) is 18.3 Å². The summed E-state index contributed by atoms with van der Waals surface area (Å²) in [6.45, 7) is 8.42. The van der Waals surface area contributed by atoms with Crippen molar-refractivity contribution in [2.24, 2.45) is 0 Å². The van der Waals surface area contributed by atoms with E-state index in [4.69, 9.17) is 4.52 Å². The number of aromatic nitrogens is 4. The molecule has 0 N–H and O–H groups in total. The highest BCUT2D eigenvalue weighted by Gasteiger charge is 2.33. The third-order valence-electron chi connectivity index (χ3n) is 5.41. The molecule has 0 radical (unpaired) electrons. The minimum absolute atomic E-state index is 0.173. The van der Waals surface area contributed by atoms with Crippen LogP contribution < -0.4 is 0 Å². The van der Waals surface area contributed by atoms with Crippen molar-refractivity contribution in [2.75, 3.05) is 6.54 Å². The molecule has 1 aliphatic carbocycles. The Bertz CT molecular complexity index is 702. The van der Waals surface area contributed by atoms with Crippen LogP contribution in [0.3, 0.4) is 0 Å². The van der Waals surface area contributed by atoms with Gasteiger partial charge in [-0.1, -0.05) is 11.6 Å². The minimum atomic E-state index is 0.173. The van der Waals surface area contributed by atoms with E-state index in [2.05, 4.69) is 51.7 Å². The highest BCUT2D eigenvalue weighted by atomic mass is 16.5. The Labute approximate surface area is 143 Å². The standard InChI is InChI=1S/C18H27N5O/c1-12-10-13(2)23(20-12)11-16-6-4-5-9-22(16)14(3)18-19-17(21-24-18)15-7-8-15/h10,14-16H,4-9,11H2,1-3H3/t14-,16+/m0/s1. The third kappa shape index (κ3) is 3.11. The summed E-state index contributed by atoms with van der Waals surface area (Å²) in [4.78, 5) is 7.20. The molecular weight excluding hydrogens is 302 g/mol. The number of rotatable bonds is 5. The van der Waals surface area contributed by atoms with Crippen molar-refractivity contribution in [1.29, 1.82) is 0 Å². The second-order valence-electron chi connectivity index (χ2n) is 7.44. The first-order valence-corrected chi connectivity index (χ1v) is 9.22. The Morgan fingerprint density at radius 2 is 2.08 bits per heavy atom. The van der Waals surface area contributed by atoms with Crippen LogP contribution in [-0.2, 0) is 6.54 Å². The lowest BCUT2D eigenvalue weighted by Gasteiger charge is -2.38. The first kappa shape index (κ1) is 15.8. The summed E-state index contributed by atoms with van der Waals surface area (Å²) >= 11 is 0. The quantitative estimate of drug-likeness (QED) is 0.841. The van der Waals surface area contributed by atoms with Crippen LogP contribution in [-0.4, -0.2) is 37.4 Å². The average molecular weight is 329 g/mol. The molecule has 1 saturated heterocycles. The molecule has 0 unspecified atom stereocenters. The van der Waals surface area contributed by atoms with Crippen LogP contribution in [0.25, 0.3) is 0 Å². The van der Waals surface area contributed by atoms with Crippen LogP contribution >= 0.6 is 0 Å². The topological polar surface area (TPSA) is 60.0 Å². The van der Waals surface area contributed by atoms with Gasteiger partial charge in [0.1, 0.15) is 0 Å². The zero-order valence-corrected chi connectivity index (χ0v) is 14.9. The van der Waals surface area contributed by atoms with Gasteiger partial charge in [-0.2, -0.15) is 10.1 Å². The molecule has 6 heteroatoms. The predicted octanol–water partition coefficient (Wildman–Crippen LogP) is 3.38. The van der Waals surface area contributed by atoms with Crippen molar-refractivity contribution < 1.29 is 4.52 Å². The van der Waals surface area contributed by atoms with Crippen LogP contribution in [0, 0.1) is 13.8 Å². The summed E-state index contributed by atoms with van der Waals surface area (Å²) in [5, 5.41) is 8.84. The molecule has 1 aliphatic heterocycles. The lowest BCUT2D eigenvalue weighted by Crippen LogP contribution is -2.43. The first-order chi connectivity index (χ1) is 11.6. The van der Waals surface area contributed by atoms with Crippen molar-refractivity contribution in [3.63, 3.8) is 0 Å². The zero-order chi connectivity index (χ0) is 16.7. The SMILES string of the molecule is Cc1cc(C)n(C[C@H]2CCCCN2[C@@H](C)c2nc(C3CC3)no2)n1. The van der Waals surface area contributed by atoms with Gasteiger partial charge in [-0.15, -0.1) is 0 Å². The molecule has 2 aliphatic rings. The second kappa shape index (κ2) is 6.31. The van der Waals surface area contributed by atoms with Gasteiger partial charge in [-0.05, 0) is 59.1 Å². The summed E-state index contributed by atoms with van der Waals surface area (Å²) in [5.41, 5.74) is 2.33. The molecule has 4 rings (SSSR count). The molecule has 2 fully saturated rings. The van der Waals surface area contributed by atoms with E-state index in [0.29, 0.717) is 12.0 Å². The molecule has 0 aromatic carbocycles. The maximum absolute atomic E-state index is 5.58. The van der Waals surface area contributed by atoms with Gasteiger partial charge >= 0.3 is 0 Å². The zero-order valence-electron chi connectivity index (χ0n) is 14.9. The molecular formula is C18H27N5O. The van der Waals surface area contributed by atoms with E-state index < -0.39 is 0 Å². The predicted molar refractivity (Wildman–Crippen MR) is 90.7 cm³/mol. The molecule has 2 aromatic heterocycles. The number of hydrogen-bond acceptors (Lipinski definition) is 5. The maximum Gasteiger partial charge on any atom is 0.243 e. The monoisotopic (exact) mass is 329 g/mol. The van der Waals surface area contributed by atoms with Gasteiger partial charge in [0.15, 0.2) is 5.82 Å². The largest absolute Gasteiger partial charge is 0.338 e. The molecule has 130 valence electrons. The number of aryl methyl sites for hydroxylation is 2. The third-order valence-corrected chi connectivity index (χ3v) is 5.41. The molecule has 2 atom stereocenters. The van der Waals surface area contributed by atoms with Crippen molar-refractivity contribution in [3.8, 4) is 0 Å². The Morgan fingerprint density at radius 1 is 1.25 bits per heavy atom. The molecule has 1 saturated carbocycles. The van der Waals surface area contributed by atoms with Gasteiger partial charge in [0.2, 0.25) is 5.89 Å². The smallest absolute Gasteiger partial charge is 0.243 e. The van der Waals surface area contributed by atoms with Crippen LogP contribution in [0.2, 0.25) is 0 Å². The van der Waals surface area contributed by atoms with Crippen molar-refractivity contribution >= 4 is 0 Å². The van der Waals surface area contributed by atoms with Gasteiger partial charge in [0, 0.05) is 17.7 Å². The van der Waals surface area contributed by atoms with Gasteiger partial charge < -0.3 is 4.52 Å². The molecule has 24 heavy (non-hydrogen) atoms. The maximum atomic E-state index is 5.58. The lowest BCUT2D eigenvalue weighted by molar-refractivity contribution is 0.0715. The van der Waals surface area contributed by atoms with Gasteiger partial charge in [0.25, 0.3) is 0 Å². The summed E-state index contributed by atoms with van der Waals surface area (Å²) in [5.74, 6) is 2.22. The van der Waals surface area contributed by atoms with Gasteiger partial charge in [-0.3, -0.25) is 9.58 Å². The van der Waals surface area contributed by atoms with Crippen molar-refractivity contribution in [2.45, 2.75) is 77.4 Å². The highest BCUT2D eigenvalue weighted by molar-refractivity contribution is 5.07. The molecule has 0 bridgehead atoms. The summed E-state index contributed by atoms with van der Waals surface area (Å²) in [6.07, 6.45) is 6.13. The molecule has 0 amide bonds. The Morgan fingerprint density at radius 3 is 2.79 bits per heavy atom. The van der Waals surface area contributed by atoms with Crippen molar-refractivity contribution in [1.82, 2.24) is 24.8 Å². The number of likely N-dealkylation sites (tertiary alicyclic amines) is 1. The van der Waals surface area contributed by atoms with E-state index in [1.165, 1.54) is 37.8 Å². The van der Waals surface area contributed by atoms with Crippen LogP contribution in [0.4, 0.5) is 0 Å². The molecule has 3 heterocycles. The second-order valence-corrected chi connectivity index (χ2v) is 7.44. The average Bonchev–Trinajstić information content (AvgIpc) is 3.22. The van der Waals surface area contributed by atoms with E-state index in [1.807, 2.05) is 0 Å². The first-order valence-electron chi connectivity index (χ1n) is 9.22. The molecule has 0 spiro atoms. The molecule has 2 aromatic rings. The number of piperidine rings is 1. The van der Waals surface area contributed by atoms with E-state index in [0.717, 1.165) is 30.5 Å². The fourth-order valence-electron chi connectivity index (χ4n) is 3.85. The summed E-state index contributed by atoms with van der Waals surface area (Å²) < 4.78 is 7.73. The minimum Gasteiger partial charge on any atom is -0.338 e. The fraction of sp³-hybridized carbons (Fsp3) is 0.722. The van der Waals surface area contributed by atoms with Crippen LogP contribution in [0.1, 0.15) is 74.1 Å². The highest BCUT2D eigenvalue weighted by Crippen LogP contribution is 2.39. The number of hydrogen-bond donors (Lipinski definition) is 0. The lowest BCUT2D eigenvalue weighted by atomic mass is 10.00. The number of nitrogens with zero attached hydrogens (tertiary/aromatic N) is 5. The summed E-state index contributed by atoms with van der Waals surface area (Å²) in [7, 11) is 0.